The Morgan fingerprint density at radius 3 is 2.38 bits per heavy atom. The molecule has 1 atom stereocenters. The van der Waals surface area contributed by atoms with E-state index in [1.165, 1.54) is 0 Å². The molecule has 1 unspecified atom stereocenters. The summed E-state index contributed by atoms with van der Waals surface area (Å²) >= 11 is 0. The average molecular weight is 515 g/mol. The molecule has 0 bridgehead atoms. The van der Waals surface area contributed by atoms with Gasteiger partial charge in [0.2, 0.25) is 5.91 Å². The number of hydrogen-bond donors (Lipinski definition) is 2. The van der Waals surface area contributed by atoms with Gasteiger partial charge in [-0.3, -0.25) is 14.6 Å². The molecule has 2 N–H and O–H groups in total. The van der Waals surface area contributed by atoms with Crippen LogP contribution >= 0.6 is 24.0 Å². The summed E-state index contributed by atoms with van der Waals surface area (Å²) in [5.74, 6) is 0.986. The number of carbonyl (C=O) groups excluding carboxylic acids is 2. The van der Waals surface area contributed by atoms with E-state index in [1.54, 1.807) is 7.05 Å². The van der Waals surface area contributed by atoms with Crippen molar-refractivity contribution < 1.29 is 9.59 Å². The molecule has 1 aromatic carbocycles. The Labute approximate surface area is 191 Å². The van der Waals surface area contributed by atoms with Gasteiger partial charge < -0.3 is 20.4 Å². The number of benzene rings is 1. The molecule has 29 heavy (non-hydrogen) atoms. The molecule has 162 valence electrons. The van der Waals surface area contributed by atoms with Gasteiger partial charge in [-0.2, -0.15) is 0 Å². The Balaban J connectivity index is 0.00000420. The van der Waals surface area contributed by atoms with Gasteiger partial charge in [-0.25, -0.2) is 0 Å². The fraction of sp³-hybridized carbons (Fsp3) is 0.571. The second-order valence-electron chi connectivity index (χ2n) is 6.92. The van der Waals surface area contributed by atoms with Gasteiger partial charge in [0.15, 0.2) is 5.96 Å². The molecule has 0 aromatic heterocycles. The summed E-state index contributed by atoms with van der Waals surface area (Å²) in [5, 5.41) is 6.69. The molecular formula is C21H34IN5O2. The molecule has 7 nitrogen and oxygen atoms in total. The smallest absolute Gasteiger partial charge is 0.253 e. The minimum atomic E-state index is 0. The van der Waals surface area contributed by atoms with Crippen molar-refractivity contribution >= 4 is 41.8 Å². The molecule has 0 saturated carbocycles. The summed E-state index contributed by atoms with van der Waals surface area (Å²) in [6.07, 6.45) is 1.47. The molecule has 1 heterocycles. The number of amides is 2. The van der Waals surface area contributed by atoms with Crippen LogP contribution in [0.4, 0.5) is 0 Å². The number of likely N-dealkylation sites (tertiary alicyclic amines) is 1. The SMILES string of the molecule is CCC(=O)N1CCC(NC(=NC)NCc2ccc(C(=O)N(CC)CC)cc2)C1.I. The maximum atomic E-state index is 12.4. The fourth-order valence-electron chi connectivity index (χ4n) is 3.36. The van der Waals surface area contributed by atoms with Crippen LogP contribution in [-0.2, 0) is 11.3 Å². The first-order valence-corrected chi connectivity index (χ1v) is 10.1. The van der Waals surface area contributed by atoms with Crippen molar-refractivity contribution in [3.63, 3.8) is 0 Å². The van der Waals surface area contributed by atoms with Crippen molar-refractivity contribution in [3.05, 3.63) is 35.4 Å². The fourth-order valence-corrected chi connectivity index (χ4v) is 3.36. The van der Waals surface area contributed by atoms with Crippen molar-refractivity contribution in [2.45, 2.75) is 46.2 Å². The number of halogens is 1. The van der Waals surface area contributed by atoms with Gasteiger partial charge in [-0.15, -0.1) is 24.0 Å². The van der Waals surface area contributed by atoms with E-state index in [0.717, 1.165) is 31.0 Å². The van der Waals surface area contributed by atoms with Crippen LogP contribution in [0.15, 0.2) is 29.3 Å². The zero-order chi connectivity index (χ0) is 20.5. The third-order valence-corrected chi connectivity index (χ3v) is 5.12. The van der Waals surface area contributed by atoms with Gasteiger partial charge >= 0.3 is 0 Å². The van der Waals surface area contributed by atoms with Gasteiger partial charge in [-0.1, -0.05) is 19.1 Å². The van der Waals surface area contributed by atoms with Crippen LogP contribution in [0, 0.1) is 0 Å². The number of guanidine groups is 1. The van der Waals surface area contributed by atoms with Crippen LogP contribution in [0.3, 0.4) is 0 Å². The lowest BCUT2D eigenvalue weighted by Gasteiger charge is -2.19. The summed E-state index contributed by atoms with van der Waals surface area (Å²) in [6, 6.07) is 7.90. The predicted octanol–water partition coefficient (Wildman–Crippen LogP) is 2.46. The average Bonchev–Trinajstić information content (AvgIpc) is 3.20. The minimum Gasteiger partial charge on any atom is -0.352 e. The van der Waals surface area contributed by atoms with E-state index in [1.807, 2.05) is 54.8 Å². The third-order valence-electron chi connectivity index (χ3n) is 5.12. The number of hydrogen-bond acceptors (Lipinski definition) is 3. The van der Waals surface area contributed by atoms with Gasteiger partial charge in [0.05, 0.1) is 0 Å². The lowest BCUT2D eigenvalue weighted by atomic mass is 10.1. The van der Waals surface area contributed by atoms with E-state index in [0.29, 0.717) is 31.6 Å². The normalized spacial score (nSPS) is 16.2. The second-order valence-corrected chi connectivity index (χ2v) is 6.92. The summed E-state index contributed by atoms with van der Waals surface area (Å²) in [5.41, 5.74) is 1.79. The number of rotatable bonds is 7. The standard InChI is InChI=1S/C21H33N5O2.HI/c1-5-19(27)26-13-12-18(15-26)24-21(22-4)23-14-16-8-10-17(11-9-16)20(28)25(6-2)7-3;/h8-11,18H,5-7,12-15H2,1-4H3,(H2,22,23,24);1H. The molecule has 1 aromatic rings. The summed E-state index contributed by atoms with van der Waals surface area (Å²) in [7, 11) is 1.74. The number of nitrogens with one attached hydrogen (secondary N) is 2. The Kier molecular flexibility index (Phi) is 11.0. The molecule has 1 saturated heterocycles. The van der Waals surface area contributed by atoms with E-state index in [2.05, 4.69) is 15.6 Å². The largest absolute Gasteiger partial charge is 0.352 e. The molecule has 0 aliphatic carbocycles. The molecule has 0 spiro atoms. The minimum absolute atomic E-state index is 0. The topological polar surface area (TPSA) is 77.0 Å². The number of aliphatic imine (C=N–C) groups is 1. The van der Waals surface area contributed by atoms with E-state index in [4.69, 9.17) is 0 Å². The Morgan fingerprint density at radius 1 is 1.17 bits per heavy atom. The Morgan fingerprint density at radius 2 is 1.83 bits per heavy atom. The van der Waals surface area contributed by atoms with Crippen LogP contribution in [0.25, 0.3) is 0 Å². The zero-order valence-electron chi connectivity index (χ0n) is 17.9. The molecule has 1 aliphatic heterocycles. The molecule has 1 fully saturated rings. The van der Waals surface area contributed by atoms with Crippen LogP contribution in [0.2, 0.25) is 0 Å². The molecule has 2 rings (SSSR count). The Hall–Kier alpha value is -1.84. The highest BCUT2D eigenvalue weighted by atomic mass is 127. The van der Waals surface area contributed by atoms with E-state index < -0.39 is 0 Å². The summed E-state index contributed by atoms with van der Waals surface area (Å²) in [4.78, 5) is 32.2. The second kappa shape index (κ2) is 12.7. The van der Waals surface area contributed by atoms with Crippen molar-refractivity contribution in [2.24, 2.45) is 4.99 Å². The van der Waals surface area contributed by atoms with Gasteiger partial charge in [0, 0.05) is 57.8 Å². The summed E-state index contributed by atoms with van der Waals surface area (Å²) < 4.78 is 0. The molecule has 0 radical (unpaired) electrons. The van der Waals surface area contributed by atoms with Crippen LogP contribution in [0.1, 0.15) is 49.5 Å². The lowest BCUT2D eigenvalue weighted by Crippen LogP contribution is -2.44. The maximum Gasteiger partial charge on any atom is 0.253 e. The van der Waals surface area contributed by atoms with Crippen molar-refractivity contribution in [3.8, 4) is 0 Å². The van der Waals surface area contributed by atoms with Crippen molar-refractivity contribution in [2.75, 3.05) is 33.2 Å². The van der Waals surface area contributed by atoms with E-state index in [9.17, 15) is 9.59 Å². The monoisotopic (exact) mass is 515 g/mol. The van der Waals surface area contributed by atoms with E-state index >= 15 is 0 Å². The van der Waals surface area contributed by atoms with Crippen molar-refractivity contribution in [1.82, 2.24) is 20.4 Å². The molecule has 8 heteroatoms. The maximum absolute atomic E-state index is 12.4. The first kappa shape index (κ1) is 25.2. The quantitative estimate of drug-likeness (QED) is 0.333. The molecule has 2 amide bonds. The number of carbonyl (C=O) groups is 2. The van der Waals surface area contributed by atoms with Gasteiger partial charge in [0.1, 0.15) is 0 Å². The molecular weight excluding hydrogens is 481 g/mol. The van der Waals surface area contributed by atoms with Crippen molar-refractivity contribution in [1.29, 1.82) is 0 Å². The van der Waals surface area contributed by atoms with Crippen LogP contribution < -0.4 is 10.6 Å². The van der Waals surface area contributed by atoms with Crippen LogP contribution in [-0.4, -0.2) is 66.8 Å². The van der Waals surface area contributed by atoms with Gasteiger partial charge in [-0.05, 0) is 38.0 Å². The highest BCUT2D eigenvalue weighted by molar-refractivity contribution is 14.0. The Bertz CT molecular complexity index is 689. The highest BCUT2D eigenvalue weighted by Crippen LogP contribution is 2.11. The first-order valence-electron chi connectivity index (χ1n) is 10.1. The van der Waals surface area contributed by atoms with Gasteiger partial charge in [0.25, 0.3) is 5.91 Å². The molecule has 1 aliphatic rings. The van der Waals surface area contributed by atoms with E-state index in [-0.39, 0.29) is 41.8 Å². The number of nitrogens with zero attached hydrogens (tertiary/aromatic N) is 3. The summed E-state index contributed by atoms with van der Waals surface area (Å²) in [6.45, 7) is 9.42. The lowest BCUT2D eigenvalue weighted by molar-refractivity contribution is -0.129. The highest BCUT2D eigenvalue weighted by Gasteiger charge is 2.25. The third kappa shape index (κ3) is 7.17. The van der Waals surface area contributed by atoms with Crippen LogP contribution in [0.5, 0.6) is 0 Å². The zero-order valence-corrected chi connectivity index (χ0v) is 20.2. The predicted molar refractivity (Wildman–Crippen MR) is 128 cm³/mol. The first-order chi connectivity index (χ1) is 13.5.